The Morgan fingerprint density at radius 1 is 1.14 bits per heavy atom. The fraction of sp³-hybridized carbons (Fsp3) is 0.765. The molecule has 0 saturated heterocycles. The maximum Gasteiger partial charge on any atom is 1.00 e. The van der Waals surface area contributed by atoms with Gasteiger partial charge in [0.15, 0.2) is 6.10 Å². The van der Waals surface area contributed by atoms with E-state index in [1.54, 1.807) is 6.92 Å². The van der Waals surface area contributed by atoms with Gasteiger partial charge in [-0.3, -0.25) is 4.18 Å². The van der Waals surface area contributed by atoms with E-state index < -0.39 is 29.5 Å². The number of esters is 1. The molecule has 1 N–H and O–H groups in total. The maximum absolute atomic E-state index is 11.8. The second-order valence-electron chi connectivity index (χ2n) is 6.02. The van der Waals surface area contributed by atoms with Gasteiger partial charge in [0.25, 0.3) is 0 Å². The van der Waals surface area contributed by atoms with E-state index in [2.05, 4.69) is 16.1 Å². The van der Waals surface area contributed by atoms with Gasteiger partial charge >= 0.3 is 63.4 Å². The minimum atomic E-state index is -2.71. The molecule has 3 atom stereocenters. The molecule has 12 heteroatoms. The smallest absolute Gasteiger partial charge is 0.750 e. The van der Waals surface area contributed by atoms with Crippen molar-refractivity contribution in [3.05, 3.63) is 12.2 Å². The Balaban J connectivity index is 0. The first kappa shape index (κ1) is 31.3. The Bertz CT molecular complexity index is 507. The number of carbonyl (C=O) groups excluding carboxylic acids is 2. The molecule has 164 valence electrons. The second-order valence-corrected chi connectivity index (χ2v) is 6.67. The number of alkyl carbamates (subject to hydrolysis) is 1. The van der Waals surface area contributed by atoms with Crippen LogP contribution in [0, 0.1) is 5.92 Å². The summed E-state index contributed by atoms with van der Waals surface area (Å²) in [6.45, 7) is 9.74. The number of nitrogens with one attached hydrogen (secondary N) is 1. The summed E-state index contributed by atoms with van der Waals surface area (Å²) in [7, 11) is 0. The Morgan fingerprint density at radius 2 is 1.83 bits per heavy atom. The molecule has 3 unspecified atom stereocenters. The molecule has 0 aromatic heterocycles. The summed E-state index contributed by atoms with van der Waals surface area (Å²) in [5.74, 6) is -0.163. The molecular formula is C17H30KNO9S. The first-order valence-electron chi connectivity index (χ1n) is 8.91. The largest absolute Gasteiger partial charge is 1.00 e. The van der Waals surface area contributed by atoms with Gasteiger partial charge in [0, 0.05) is 18.7 Å². The average Bonchev–Trinajstić information content (AvgIpc) is 2.64. The van der Waals surface area contributed by atoms with E-state index in [9.17, 15) is 18.4 Å². The van der Waals surface area contributed by atoms with Crippen molar-refractivity contribution in [2.75, 3.05) is 46.2 Å². The Hall–Kier alpha value is 0.106. The molecule has 0 bridgehead atoms. The van der Waals surface area contributed by atoms with Crippen LogP contribution in [0.5, 0.6) is 0 Å². The minimum absolute atomic E-state index is 0. The molecule has 29 heavy (non-hydrogen) atoms. The van der Waals surface area contributed by atoms with Crippen molar-refractivity contribution >= 4 is 23.4 Å². The molecule has 0 radical (unpaired) electrons. The molecular weight excluding hydrogens is 433 g/mol. The predicted octanol–water partition coefficient (Wildman–Crippen LogP) is -1.91. The van der Waals surface area contributed by atoms with Gasteiger partial charge < -0.3 is 28.8 Å². The van der Waals surface area contributed by atoms with Crippen LogP contribution < -0.4 is 56.7 Å². The van der Waals surface area contributed by atoms with Gasteiger partial charge in [-0.25, -0.2) is 13.8 Å². The van der Waals surface area contributed by atoms with Crippen molar-refractivity contribution in [3.63, 3.8) is 0 Å². The Morgan fingerprint density at radius 3 is 2.41 bits per heavy atom. The van der Waals surface area contributed by atoms with Crippen LogP contribution in [0.25, 0.3) is 0 Å². The molecule has 0 aliphatic heterocycles. The summed E-state index contributed by atoms with van der Waals surface area (Å²) in [5, 5.41) is 2.46. The van der Waals surface area contributed by atoms with Gasteiger partial charge in [0.05, 0.1) is 31.2 Å². The van der Waals surface area contributed by atoms with E-state index in [1.165, 1.54) is 0 Å². The van der Waals surface area contributed by atoms with Crippen LogP contribution in [-0.2, 0) is 39.3 Å². The topological polar surface area (TPSA) is 132 Å². The number of hydrogen-bond donors (Lipinski definition) is 1. The van der Waals surface area contributed by atoms with Crippen molar-refractivity contribution in [2.45, 2.75) is 33.3 Å². The van der Waals surface area contributed by atoms with E-state index in [4.69, 9.17) is 18.9 Å². The van der Waals surface area contributed by atoms with Crippen molar-refractivity contribution in [2.24, 2.45) is 5.92 Å². The van der Waals surface area contributed by atoms with Gasteiger partial charge in [-0.1, -0.05) is 26.8 Å². The third kappa shape index (κ3) is 19.8. The first-order valence-corrected chi connectivity index (χ1v) is 9.91. The van der Waals surface area contributed by atoms with Crippen LogP contribution in [0.3, 0.4) is 0 Å². The molecule has 0 aliphatic rings. The number of ether oxygens (including phenoxy) is 4. The third-order valence-electron chi connectivity index (χ3n) is 3.35. The van der Waals surface area contributed by atoms with Crippen molar-refractivity contribution < 1.29 is 92.9 Å². The summed E-state index contributed by atoms with van der Waals surface area (Å²) in [6.07, 6.45) is -0.696. The maximum atomic E-state index is 11.8. The predicted molar refractivity (Wildman–Crippen MR) is 100 cm³/mol. The van der Waals surface area contributed by atoms with Crippen LogP contribution >= 0.6 is 0 Å². The van der Waals surface area contributed by atoms with Crippen molar-refractivity contribution in [1.82, 2.24) is 5.32 Å². The fourth-order valence-corrected chi connectivity index (χ4v) is 1.87. The van der Waals surface area contributed by atoms with Crippen molar-refractivity contribution in [3.8, 4) is 0 Å². The number of hydrogen-bond acceptors (Lipinski definition) is 9. The zero-order valence-electron chi connectivity index (χ0n) is 17.6. The number of amides is 1. The second kappa shape index (κ2) is 20.0. The molecule has 0 saturated carbocycles. The summed E-state index contributed by atoms with van der Waals surface area (Å²) in [4.78, 5) is 22.9. The van der Waals surface area contributed by atoms with Crippen molar-refractivity contribution in [1.29, 1.82) is 0 Å². The summed E-state index contributed by atoms with van der Waals surface area (Å²) >= 11 is -2.71. The van der Waals surface area contributed by atoms with E-state index in [0.29, 0.717) is 18.1 Å². The monoisotopic (exact) mass is 463 g/mol. The van der Waals surface area contributed by atoms with Gasteiger partial charge in [0.2, 0.25) is 0 Å². The number of carbonyl (C=O) groups is 2. The quantitative estimate of drug-likeness (QED) is 0.0916. The molecule has 0 fully saturated rings. The Kier molecular flexibility index (Phi) is 21.6. The normalized spacial score (nSPS) is 13.5. The van der Waals surface area contributed by atoms with Gasteiger partial charge in [-0.15, -0.1) is 0 Å². The molecule has 0 aromatic rings. The van der Waals surface area contributed by atoms with Crippen LogP contribution in [0.2, 0.25) is 0 Å². The fourth-order valence-electron chi connectivity index (χ4n) is 1.60. The summed E-state index contributed by atoms with van der Waals surface area (Å²) in [6, 6.07) is 0. The van der Waals surface area contributed by atoms with Gasteiger partial charge in [0.1, 0.15) is 13.2 Å². The molecule has 0 aromatic carbocycles. The van der Waals surface area contributed by atoms with Crippen LogP contribution in [0.1, 0.15) is 27.2 Å². The third-order valence-corrected chi connectivity index (χ3v) is 3.68. The zero-order valence-corrected chi connectivity index (χ0v) is 21.5. The van der Waals surface area contributed by atoms with Gasteiger partial charge in [-0.05, 0) is 12.8 Å². The molecule has 10 nitrogen and oxygen atoms in total. The molecule has 0 spiro atoms. The standard InChI is InChI=1S/C17H31NO9S.K/c1-5-14(4)10-24-11-15(12-26-28(21)22)27-17(20)18-6-7-23-8-9-25-16(19)13(2)3;/h14-15H,2,5-12H2,1,3-4H3,(H,18,20)(H,21,22);/q;+1/p-1. The van der Waals surface area contributed by atoms with E-state index in [-0.39, 0.29) is 91.0 Å². The molecule has 0 aliphatic carbocycles. The van der Waals surface area contributed by atoms with Crippen LogP contribution in [0.4, 0.5) is 4.79 Å². The van der Waals surface area contributed by atoms with E-state index in [1.807, 2.05) is 13.8 Å². The zero-order chi connectivity index (χ0) is 21.4. The minimum Gasteiger partial charge on any atom is -0.750 e. The van der Waals surface area contributed by atoms with E-state index >= 15 is 0 Å². The molecule has 1 amide bonds. The van der Waals surface area contributed by atoms with Crippen LogP contribution in [-0.4, -0.2) is 73.1 Å². The Labute approximate surface area is 217 Å². The first-order chi connectivity index (χ1) is 13.3. The van der Waals surface area contributed by atoms with Gasteiger partial charge in [-0.2, -0.15) is 0 Å². The summed E-state index contributed by atoms with van der Waals surface area (Å²) < 4.78 is 46.1. The SMILES string of the molecule is C=C(C)C(=O)OCCOCCNC(=O)OC(COCC(C)CC)COS(=O)[O-].[K+]. The molecule has 0 heterocycles. The molecule has 0 rings (SSSR count). The van der Waals surface area contributed by atoms with E-state index in [0.717, 1.165) is 6.42 Å². The van der Waals surface area contributed by atoms with Crippen LogP contribution in [0.15, 0.2) is 12.2 Å². The number of rotatable bonds is 16. The average molecular weight is 464 g/mol. The summed E-state index contributed by atoms with van der Waals surface area (Å²) in [5.41, 5.74) is 0.303.